The second-order valence-corrected chi connectivity index (χ2v) is 7.08. The number of carbonyl (C=O) groups is 1. The van der Waals surface area contributed by atoms with Crippen molar-refractivity contribution in [2.24, 2.45) is 10.4 Å². The Balaban J connectivity index is 0.00000364. The summed E-state index contributed by atoms with van der Waals surface area (Å²) in [5.41, 5.74) is -0.521. The van der Waals surface area contributed by atoms with Crippen molar-refractivity contribution < 1.29 is 4.79 Å². The maximum absolute atomic E-state index is 12.2. The van der Waals surface area contributed by atoms with Gasteiger partial charge in [-0.3, -0.25) is 9.79 Å². The fourth-order valence-electron chi connectivity index (χ4n) is 2.86. The van der Waals surface area contributed by atoms with E-state index >= 15 is 0 Å². The fourth-order valence-corrected chi connectivity index (χ4v) is 2.86. The van der Waals surface area contributed by atoms with Gasteiger partial charge in [0.05, 0.1) is 12.0 Å². The lowest BCUT2D eigenvalue weighted by Crippen LogP contribution is -2.53. The van der Waals surface area contributed by atoms with Gasteiger partial charge in [-0.15, -0.1) is 24.0 Å². The zero-order valence-electron chi connectivity index (χ0n) is 16.9. The van der Waals surface area contributed by atoms with E-state index in [1.54, 1.807) is 0 Å². The van der Waals surface area contributed by atoms with Crippen LogP contribution >= 0.6 is 24.0 Å². The van der Waals surface area contributed by atoms with Crippen molar-refractivity contribution in [1.82, 2.24) is 20.5 Å². The number of amides is 1. The molecule has 1 aromatic rings. The molecular formula is C19H33IN6O. The van der Waals surface area contributed by atoms with Crippen LogP contribution in [0.5, 0.6) is 0 Å². The first-order valence-electron chi connectivity index (χ1n) is 9.45. The van der Waals surface area contributed by atoms with E-state index in [4.69, 9.17) is 4.99 Å². The first-order valence-corrected chi connectivity index (χ1v) is 9.45. The molecule has 0 radical (unpaired) electrons. The SMILES string of the molecule is CCNC(=O)C(C)(C)CN=C(NCC)N1CCN(c2ccccn2)CC1.I. The third kappa shape index (κ3) is 6.82. The van der Waals surface area contributed by atoms with Gasteiger partial charge in [0, 0.05) is 45.5 Å². The number of aromatic nitrogens is 1. The predicted molar refractivity (Wildman–Crippen MR) is 122 cm³/mol. The van der Waals surface area contributed by atoms with Gasteiger partial charge in [0.25, 0.3) is 0 Å². The number of hydrogen-bond acceptors (Lipinski definition) is 4. The first-order chi connectivity index (χ1) is 12.5. The molecule has 0 spiro atoms. The normalized spacial score (nSPS) is 15.2. The van der Waals surface area contributed by atoms with E-state index in [0.29, 0.717) is 13.1 Å². The Morgan fingerprint density at radius 3 is 2.37 bits per heavy atom. The Bertz CT molecular complexity index is 599. The molecule has 0 aliphatic carbocycles. The van der Waals surface area contributed by atoms with Crippen molar-refractivity contribution in [2.45, 2.75) is 27.7 Å². The predicted octanol–water partition coefficient (Wildman–Crippen LogP) is 1.95. The summed E-state index contributed by atoms with van der Waals surface area (Å²) in [6.07, 6.45) is 1.83. The molecule has 1 fully saturated rings. The van der Waals surface area contributed by atoms with Gasteiger partial charge in [0.15, 0.2) is 5.96 Å². The summed E-state index contributed by atoms with van der Waals surface area (Å²) in [4.78, 5) is 25.9. The van der Waals surface area contributed by atoms with Crippen LogP contribution in [0.25, 0.3) is 0 Å². The van der Waals surface area contributed by atoms with Crippen molar-refractivity contribution in [2.75, 3.05) is 50.7 Å². The minimum Gasteiger partial charge on any atom is -0.357 e. The van der Waals surface area contributed by atoms with E-state index in [2.05, 4.69) is 32.3 Å². The smallest absolute Gasteiger partial charge is 0.227 e. The molecule has 0 saturated carbocycles. The zero-order chi connectivity index (χ0) is 19.0. The van der Waals surface area contributed by atoms with Gasteiger partial charge < -0.3 is 20.4 Å². The first kappa shape index (κ1) is 23.5. The average molecular weight is 488 g/mol. The van der Waals surface area contributed by atoms with Crippen molar-refractivity contribution in [3.8, 4) is 0 Å². The minimum atomic E-state index is -0.521. The van der Waals surface area contributed by atoms with Crippen LogP contribution in [0.2, 0.25) is 0 Å². The summed E-state index contributed by atoms with van der Waals surface area (Å²) in [6, 6.07) is 6.00. The number of anilines is 1. The lowest BCUT2D eigenvalue weighted by Gasteiger charge is -2.37. The van der Waals surface area contributed by atoms with Crippen LogP contribution in [0.15, 0.2) is 29.4 Å². The van der Waals surface area contributed by atoms with Crippen LogP contribution in [0.1, 0.15) is 27.7 Å². The van der Waals surface area contributed by atoms with Gasteiger partial charge in [-0.25, -0.2) is 4.98 Å². The van der Waals surface area contributed by atoms with E-state index < -0.39 is 5.41 Å². The molecule has 0 atom stereocenters. The number of nitrogens with zero attached hydrogens (tertiary/aromatic N) is 4. The Morgan fingerprint density at radius 2 is 1.81 bits per heavy atom. The van der Waals surface area contributed by atoms with Gasteiger partial charge in [-0.2, -0.15) is 0 Å². The van der Waals surface area contributed by atoms with E-state index in [9.17, 15) is 4.79 Å². The van der Waals surface area contributed by atoms with Gasteiger partial charge in [0.1, 0.15) is 5.82 Å². The highest BCUT2D eigenvalue weighted by atomic mass is 127. The molecule has 1 aliphatic heterocycles. The molecule has 1 saturated heterocycles. The Kier molecular flexibility index (Phi) is 9.82. The molecule has 8 heteroatoms. The molecule has 7 nitrogen and oxygen atoms in total. The highest BCUT2D eigenvalue weighted by Crippen LogP contribution is 2.17. The summed E-state index contributed by atoms with van der Waals surface area (Å²) in [6.45, 7) is 13.3. The highest BCUT2D eigenvalue weighted by Gasteiger charge is 2.28. The molecule has 0 aromatic carbocycles. The monoisotopic (exact) mass is 488 g/mol. The van der Waals surface area contributed by atoms with Crippen LogP contribution < -0.4 is 15.5 Å². The standard InChI is InChI=1S/C19H32N6O.HI/c1-5-20-17(26)19(3,4)15-23-18(21-6-2)25-13-11-24(12-14-25)16-9-7-8-10-22-16;/h7-10H,5-6,11-15H2,1-4H3,(H,20,26)(H,21,23);1H. The molecule has 27 heavy (non-hydrogen) atoms. The fraction of sp³-hybridized carbons (Fsp3) is 0.632. The maximum Gasteiger partial charge on any atom is 0.227 e. The molecule has 152 valence electrons. The third-order valence-corrected chi connectivity index (χ3v) is 4.46. The number of pyridine rings is 1. The molecule has 2 N–H and O–H groups in total. The average Bonchev–Trinajstić information content (AvgIpc) is 2.66. The Hall–Kier alpha value is -1.58. The lowest BCUT2D eigenvalue weighted by molar-refractivity contribution is -0.128. The molecule has 0 unspecified atom stereocenters. The minimum absolute atomic E-state index is 0. The van der Waals surface area contributed by atoms with Gasteiger partial charge >= 0.3 is 0 Å². The molecule has 2 heterocycles. The van der Waals surface area contributed by atoms with E-state index in [-0.39, 0.29) is 29.9 Å². The number of piperazine rings is 1. The number of guanidine groups is 1. The summed E-state index contributed by atoms with van der Waals surface area (Å²) in [7, 11) is 0. The van der Waals surface area contributed by atoms with Crippen LogP contribution in [-0.4, -0.2) is 67.6 Å². The zero-order valence-corrected chi connectivity index (χ0v) is 19.2. The molecule has 1 amide bonds. The van der Waals surface area contributed by atoms with E-state index in [1.165, 1.54) is 0 Å². The van der Waals surface area contributed by atoms with Crippen molar-refractivity contribution in [3.63, 3.8) is 0 Å². The second kappa shape index (κ2) is 11.3. The second-order valence-electron chi connectivity index (χ2n) is 7.08. The van der Waals surface area contributed by atoms with Crippen LogP contribution in [0.4, 0.5) is 5.82 Å². The van der Waals surface area contributed by atoms with Crippen molar-refractivity contribution in [3.05, 3.63) is 24.4 Å². The summed E-state index contributed by atoms with van der Waals surface area (Å²) in [5.74, 6) is 1.94. The summed E-state index contributed by atoms with van der Waals surface area (Å²) < 4.78 is 0. The number of carbonyl (C=O) groups excluding carboxylic acids is 1. The maximum atomic E-state index is 12.2. The molecule has 1 aliphatic rings. The van der Waals surface area contributed by atoms with Gasteiger partial charge in [-0.05, 0) is 39.8 Å². The number of nitrogens with one attached hydrogen (secondary N) is 2. The highest BCUT2D eigenvalue weighted by molar-refractivity contribution is 14.0. The van der Waals surface area contributed by atoms with Crippen LogP contribution in [0.3, 0.4) is 0 Å². The molecule has 2 rings (SSSR count). The van der Waals surface area contributed by atoms with E-state index in [1.807, 2.05) is 45.2 Å². The van der Waals surface area contributed by atoms with Crippen LogP contribution in [-0.2, 0) is 4.79 Å². The Labute approximate surface area is 180 Å². The quantitative estimate of drug-likeness (QED) is 0.364. The summed E-state index contributed by atoms with van der Waals surface area (Å²) >= 11 is 0. The molecular weight excluding hydrogens is 455 g/mol. The summed E-state index contributed by atoms with van der Waals surface area (Å²) in [5, 5.41) is 6.25. The molecule has 0 bridgehead atoms. The number of halogens is 1. The topological polar surface area (TPSA) is 72.9 Å². The third-order valence-electron chi connectivity index (χ3n) is 4.46. The van der Waals surface area contributed by atoms with Gasteiger partial charge in [-0.1, -0.05) is 6.07 Å². The number of aliphatic imine (C=N–C) groups is 1. The van der Waals surface area contributed by atoms with E-state index in [0.717, 1.165) is 44.5 Å². The number of hydrogen-bond donors (Lipinski definition) is 2. The van der Waals surface area contributed by atoms with Gasteiger partial charge in [0.2, 0.25) is 5.91 Å². The Morgan fingerprint density at radius 1 is 1.15 bits per heavy atom. The molecule has 1 aromatic heterocycles. The van der Waals surface area contributed by atoms with Crippen molar-refractivity contribution in [1.29, 1.82) is 0 Å². The van der Waals surface area contributed by atoms with Crippen molar-refractivity contribution >= 4 is 41.7 Å². The number of rotatable bonds is 6. The van der Waals surface area contributed by atoms with Crippen LogP contribution in [0, 0.1) is 5.41 Å². The largest absolute Gasteiger partial charge is 0.357 e. The lowest BCUT2D eigenvalue weighted by atomic mass is 9.92.